The van der Waals surface area contributed by atoms with E-state index in [9.17, 15) is 0 Å². The third-order valence-corrected chi connectivity index (χ3v) is 5.88. The van der Waals surface area contributed by atoms with E-state index in [1.165, 1.54) is 51.6 Å². The van der Waals surface area contributed by atoms with E-state index in [1.807, 2.05) is 0 Å². The second-order valence-corrected chi connectivity index (χ2v) is 6.97. The van der Waals surface area contributed by atoms with E-state index in [1.54, 1.807) is 0 Å². The lowest BCUT2D eigenvalue weighted by molar-refractivity contribution is 0.0313. The predicted octanol–water partition coefficient (Wildman–Crippen LogP) is 3.66. The summed E-state index contributed by atoms with van der Waals surface area (Å²) in [6.45, 7) is 12.1. The van der Waals surface area contributed by atoms with Crippen molar-refractivity contribution < 1.29 is 0 Å². The van der Waals surface area contributed by atoms with Gasteiger partial charge in [0.1, 0.15) is 0 Å². The summed E-state index contributed by atoms with van der Waals surface area (Å²) in [6.07, 6.45) is 8.45. The van der Waals surface area contributed by atoms with Crippen LogP contribution in [0.4, 0.5) is 0 Å². The van der Waals surface area contributed by atoms with Crippen LogP contribution >= 0.6 is 0 Å². The number of hydrogen-bond acceptors (Lipinski definition) is 2. The molecular weight excluding hydrogens is 232 g/mol. The highest BCUT2D eigenvalue weighted by Gasteiger charge is 2.36. The lowest BCUT2D eigenvalue weighted by Crippen LogP contribution is -2.57. The normalized spacial score (nSPS) is 35.7. The number of piperidine rings is 1. The lowest BCUT2D eigenvalue weighted by Gasteiger charge is -2.47. The van der Waals surface area contributed by atoms with Crippen molar-refractivity contribution in [2.24, 2.45) is 11.8 Å². The number of nitrogens with one attached hydrogen (secondary N) is 1. The quantitative estimate of drug-likeness (QED) is 0.817. The molecule has 0 aromatic heterocycles. The van der Waals surface area contributed by atoms with Gasteiger partial charge in [-0.3, -0.25) is 4.90 Å². The minimum Gasteiger partial charge on any atom is -0.314 e. The topological polar surface area (TPSA) is 15.3 Å². The molecule has 0 spiro atoms. The molecule has 2 rings (SSSR count). The SMILES string of the molecule is CCCNC1CCN(C(C)C2CCCC2)C(C)C1C. The molecule has 1 N–H and O–H groups in total. The van der Waals surface area contributed by atoms with Crippen LogP contribution in [0, 0.1) is 11.8 Å². The van der Waals surface area contributed by atoms with Gasteiger partial charge in [0.05, 0.1) is 0 Å². The maximum atomic E-state index is 3.75. The highest BCUT2D eigenvalue weighted by Crippen LogP contribution is 2.34. The van der Waals surface area contributed by atoms with Crippen LogP contribution in [0.3, 0.4) is 0 Å². The zero-order valence-electron chi connectivity index (χ0n) is 13.5. The zero-order valence-corrected chi connectivity index (χ0v) is 13.5. The predicted molar refractivity (Wildman–Crippen MR) is 83.5 cm³/mol. The number of hydrogen-bond donors (Lipinski definition) is 1. The Morgan fingerprint density at radius 2 is 1.84 bits per heavy atom. The summed E-state index contributed by atoms with van der Waals surface area (Å²) in [5.74, 6) is 1.75. The first kappa shape index (κ1) is 15.3. The first-order valence-electron chi connectivity index (χ1n) is 8.64. The third-order valence-electron chi connectivity index (χ3n) is 5.88. The van der Waals surface area contributed by atoms with Crippen molar-refractivity contribution >= 4 is 0 Å². The number of rotatable bonds is 5. The van der Waals surface area contributed by atoms with Crippen LogP contribution in [0.2, 0.25) is 0 Å². The third kappa shape index (κ3) is 3.52. The molecule has 2 aliphatic rings. The van der Waals surface area contributed by atoms with Crippen LogP contribution in [0.1, 0.15) is 66.2 Å². The Labute approximate surface area is 120 Å². The lowest BCUT2D eigenvalue weighted by atomic mass is 9.84. The molecule has 19 heavy (non-hydrogen) atoms. The van der Waals surface area contributed by atoms with Gasteiger partial charge in [0, 0.05) is 24.7 Å². The van der Waals surface area contributed by atoms with Crippen molar-refractivity contribution in [3.8, 4) is 0 Å². The zero-order chi connectivity index (χ0) is 13.8. The molecule has 0 radical (unpaired) electrons. The van der Waals surface area contributed by atoms with Crippen LogP contribution < -0.4 is 5.32 Å². The number of likely N-dealkylation sites (tertiary alicyclic amines) is 1. The van der Waals surface area contributed by atoms with Crippen LogP contribution in [0.25, 0.3) is 0 Å². The molecule has 112 valence electrons. The van der Waals surface area contributed by atoms with Gasteiger partial charge in [-0.1, -0.05) is 26.7 Å². The minimum atomic E-state index is 0.735. The minimum absolute atomic E-state index is 0.735. The van der Waals surface area contributed by atoms with Crippen molar-refractivity contribution in [3.05, 3.63) is 0 Å². The molecule has 2 fully saturated rings. The second-order valence-electron chi connectivity index (χ2n) is 6.97. The van der Waals surface area contributed by atoms with Gasteiger partial charge in [0.15, 0.2) is 0 Å². The Morgan fingerprint density at radius 1 is 1.16 bits per heavy atom. The van der Waals surface area contributed by atoms with Gasteiger partial charge in [-0.25, -0.2) is 0 Å². The smallest absolute Gasteiger partial charge is 0.0120 e. The van der Waals surface area contributed by atoms with Gasteiger partial charge in [-0.15, -0.1) is 0 Å². The summed E-state index contributed by atoms with van der Waals surface area (Å²) in [5.41, 5.74) is 0. The molecular formula is C17H34N2. The van der Waals surface area contributed by atoms with Gasteiger partial charge in [-0.2, -0.15) is 0 Å². The molecule has 2 nitrogen and oxygen atoms in total. The van der Waals surface area contributed by atoms with Crippen molar-refractivity contribution in [1.82, 2.24) is 10.2 Å². The molecule has 0 amide bonds. The summed E-state index contributed by atoms with van der Waals surface area (Å²) in [6, 6.07) is 2.27. The fraction of sp³-hybridized carbons (Fsp3) is 1.00. The van der Waals surface area contributed by atoms with Crippen LogP contribution in [-0.4, -0.2) is 36.1 Å². The average molecular weight is 266 g/mol. The van der Waals surface area contributed by atoms with E-state index in [2.05, 4.69) is 37.9 Å². The van der Waals surface area contributed by atoms with Crippen LogP contribution in [0.5, 0.6) is 0 Å². The first-order chi connectivity index (χ1) is 9.15. The largest absolute Gasteiger partial charge is 0.314 e. The van der Waals surface area contributed by atoms with E-state index < -0.39 is 0 Å². The highest BCUT2D eigenvalue weighted by atomic mass is 15.2. The van der Waals surface area contributed by atoms with Crippen LogP contribution in [0.15, 0.2) is 0 Å². The van der Waals surface area contributed by atoms with Gasteiger partial charge in [0.2, 0.25) is 0 Å². The molecule has 1 heterocycles. The molecule has 1 saturated heterocycles. The van der Waals surface area contributed by atoms with Crippen molar-refractivity contribution in [1.29, 1.82) is 0 Å². The van der Waals surface area contributed by atoms with E-state index in [0.29, 0.717) is 0 Å². The number of nitrogens with zero attached hydrogens (tertiary/aromatic N) is 1. The van der Waals surface area contributed by atoms with E-state index in [4.69, 9.17) is 0 Å². The Balaban J connectivity index is 1.90. The first-order valence-corrected chi connectivity index (χ1v) is 8.64. The summed E-state index contributed by atoms with van der Waals surface area (Å²) in [5, 5.41) is 3.75. The van der Waals surface area contributed by atoms with E-state index in [-0.39, 0.29) is 0 Å². The molecule has 1 aliphatic heterocycles. The Morgan fingerprint density at radius 3 is 2.47 bits per heavy atom. The van der Waals surface area contributed by atoms with E-state index in [0.717, 1.165) is 30.0 Å². The van der Waals surface area contributed by atoms with Crippen molar-refractivity contribution in [2.75, 3.05) is 13.1 Å². The highest BCUT2D eigenvalue weighted by molar-refractivity contribution is 4.92. The summed E-state index contributed by atoms with van der Waals surface area (Å²) in [4.78, 5) is 2.81. The maximum Gasteiger partial charge on any atom is 0.0120 e. The Hall–Kier alpha value is -0.0800. The molecule has 0 bridgehead atoms. The maximum absolute atomic E-state index is 3.75. The fourth-order valence-electron chi connectivity index (χ4n) is 4.30. The summed E-state index contributed by atoms with van der Waals surface area (Å²) < 4.78 is 0. The molecule has 4 unspecified atom stereocenters. The van der Waals surface area contributed by atoms with Gasteiger partial charge in [-0.05, 0) is 57.9 Å². The standard InChI is InChI=1S/C17H34N2/c1-5-11-18-17-10-12-19(14(3)13(17)2)15(4)16-8-6-7-9-16/h13-18H,5-12H2,1-4H3. The molecule has 1 saturated carbocycles. The molecule has 2 heteroatoms. The monoisotopic (exact) mass is 266 g/mol. The van der Waals surface area contributed by atoms with Crippen molar-refractivity contribution in [3.63, 3.8) is 0 Å². The second kappa shape index (κ2) is 7.08. The van der Waals surface area contributed by atoms with Crippen molar-refractivity contribution in [2.45, 2.75) is 84.3 Å². The van der Waals surface area contributed by atoms with Crippen LogP contribution in [-0.2, 0) is 0 Å². The molecule has 1 aliphatic carbocycles. The summed E-state index contributed by atoms with van der Waals surface area (Å²) in [7, 11) is 0. The molecule has 4 atom stereocenters. The fourth-order valence-corrected chi connectivity index (χ4v) is 4.30. The van der Waals surface area contributed by atoms with E-state index >= 15 is 0 Å². The van der Waals surface area contributed by atoms with Gasteiger partial charge in [0.25, 0.3) is 0 Å². The molecule has 0 aromatic carbocycles. The Bertz CT molecular complexity index is 260. The van der Waals surface area contributed by atoms with Gasteiger partial charge >= 0.3 is 0 Å². The van der Waals surface area contributed by atoms with Gasteiger partial charge < -0.3 is 5.32 Å². The Kier molecular flexibility index (Phi) is 5.70. The summed E-state index contributed by atoms with van der Waals surface area (Å²) >= 11 is 0. The molecule has 0 aromatic rings. The average Bonchev–Trinajstić information content (AvgIpc) is 2.94.